The van der Waals surface area contributed by atoms with Gasteiger partial charge in [0.1, 0.15) is 5.76 Å². The molecule has 1 aromatic rings. The van der Waals surface area contributed by atoms with E-state index in [4.69, 9.17) is 4.42 Å². The largest absolute Gasteiger partial charge is 0.444 e. The van der Waals surface area contributed by atoms with E-state index in [0.717, 1.165) is 18.1 Å². The predicted octanol–water partition coefficient (Wildman–Crippen LogP) is 4.18. The molecule has 0 radical (unpaired) electrons. The van der Waals surface area contributed by atoms with Gasteiger partial charge in [-0.3, -0.25) is 0 Å². The molecule has 3 heteroatoms. The third-order valence-electron chi connectivity index (χ3n) is 2.88. The fraction of sp³-hybridized carbons (Fsp3) is 0.812. The first-order valence-electron chi connectivity index (χ1n) is 7.24. The highest BCUT2D eigenvalue weighted by atomic mass is 16.4. The lowest BCUT2D eigenvalue weighted by atomic mass is 9.84. The van der Waals surface area contributed by atoms with Crippen LogP contribution in [0.5, 0.6) is 0 Å². The van der Waals surface area contributed by atoms with Crippen molar-refractivity contribution >= 4 is 0 Å². The van der Waals surface area contributed by atoms with Crippen LogP contribution in [0.25, 0.3) is 0 Å². The van der Waals surface area contributed by atoms with Crippen molar-refractivity contribution in [2.75, 3.05) is 0 Å². The van der Waals surface area contributed by atoms with Gasteiger partial charge in [-0.1, -0.05) is 27.7 Å². The van der Waals surface area contributed by atoms with Gasteiger partial charge < -0.3 is 9.73 Å². The maximum absolute atomic E-state index is 5.79. The van der Waals surface area contributed by atoms with E-state index in [2.05, 4.69) is 58.8 Å². The highest BCUT2D eigenvalue weighted by molar-refractivity contribution is 4.96. The van der Waals surface area contributed by atoms with Crippen molar-refractivity contribution in [2.24, 2.45) is 11.3 Å². The van der Waals surface area contributed by atoms with Crippen LogP contribution in [0.4, 0.5) is 0 Å². The maximum atomic E-state index is 5.79. The molecule has 1 unspecified atom stereocenters. The molecule has 110 valence electrons. The van der Waals surface area contributed by atoms with Crippen molar-refractivity contribution in [3.63, 3.8) is 0 Å². The number of nitrogens with one attached hydrogen (secondary N) is 1. The molecule has 1 rings (SSSR count). The Kier molecular flexibility index (Phi) is 5.19. The molecule has 0 amide bonds. The molecule has 1 N–H and O–H groups in total. The lowest BCUT2D eigenvalue weighted by Gasteiger charge is -2.22. The summed E-state index contributed by atoms with van der Waals surface area (Å²) in [5, 5.41) is 3.39. The van der Waals surface area contributed by atoms with Crippen molar-refractivity contribution in [2.45, 2.75) is 73.4 Å². The van der Waals surface area contributed by atoms with E-state index in [1.54, 1.807) is 0 Å². The average molecular weight is 266 g/mol. The minimum Gasteiger partial charge on any atom is -0.444 e. The van der Waals surface area contributed by atoms with Crippen LogP contribution < -0.4 is 5.32 Å². The first kappa shape index (κ1) is 16.2. The van der Waals surface area contributed by atoms with Gasteiger partial charge >= 0.3 is 0 Å². The normalized spacial score (nSPS) is 14.7. The second kappa shape index (κ2) is 6.08. The molecule has 0 saturated carbocycles. The summed E-state index contributed by atoms with van der Waals surface area (Å²) in [6, 6.07) is 0. The Balaban J connectivity index is 2.46. The molecule has 1 atom stereocenters. The molecule has 1 aromatic heterocycles. The van der Waals surface area contributed by atoms with Crippen LogP contribution in [0.2, 0.25) is 0 Å². The molecule has 0 aliphatic rings. The monoisotopic (exact) mass is 266 g/mol. The average Bonchev–Trinajstić information content (AvgIpc) is 2.58. The van der Waals surface area contributed by atoms with E-state index in [0.29, 0.717) is 17.9 Å². The highest BCUT2D eigenvalue weighted by Gasteiger charge is 2.17. The fourth-order valence-electron chi connectivity index (χ4n) is 2.33. The molecular formula is C16H30N2O. The van der Waals surface area contributed by atoms with Gasteiger partial charge in [0.25, 0.3) is 0 Å². The van der Waals surface area contributed by atoms with E-state index in [1.807, 2.05) is 6.20 Å². The first-order valence-corrected chi connectivity index (χ1v) is 7.24. The zero-order valence-corrected chi connectivity index (χ0v) is 13.6. The molecule has 19 heavy (non-hydrogen) atoms. The Labute approximate surface area is 118 Å². The van der Waals surface area contributed by atoms with Crippen LogP contribution in [0, 0.1) is 11.3 Å². The van der Waals surface area contributed by atoms with Gasteiger partial charge in [0.05, 0.1) is 12.7 Å². The Morgan fingerprint density at radius 2 is 1.84 bits per heavy atom. The van der Waals surface area contributed by atoms with Crippen molar-refractivity contribution in [1.82, 2.24) is 10.3 Å². The molecular weight excluding hydrogens is 236 g/mol. The third kappa shape index (κ3) is 7.36. The van der Waals surface area contributed by atoms with Gasteiger partial charge in [-0.15, -0.1) is 0 Å². The van der Waals surface area contributed by atoms with Crippen LogP contribution in [0.1, 0.15) is 66.5 Å². The number of nitrogens with zero attached hydrogens (tertiary/aromatic N) is 1. The second-order valence-corrected chi connectivity index (χ2v) is 7.90. The summed E-state index contributed by atoms with van der Waals surface area (Å²) in [5.41, 5.74) is 0.463. The quantitative estimate of drug-likeness (QED) is 0.869. The van der Waals surface area contributed by atoms with Gasteiger partial charge in [-0.2, -0.15) is 0 Å². The van der Waals surface area contributed by atoms with Crippen molar-refractivity contribution in [1.29, 1.82) is 0 Å². The number of aromatic nitrogens is 1. The molecule has 0 aromatic carbocycles. The summed E-state index contributed by atoms with van der Waals surface area (Å²) in [6.07, 6.45) is 4.04. The molecule has 0 spiro atoms. The molecule has 0 fully saturated rings. The summed E-state index contributed by atoms with van der Waals surface area (Å²) in [5.74, 6) is 2.41. The summed E-state index contributed by atoms with van der Waals surface area (Å²) >= 11 is 0. The van der Waals surface area contributed by atoms with Gasteiger partial charge in [0, 0.05) is 12.0 Å². The van der Waals surface area contributed by atoms with E-state index in [-0.39, 0.29) is 5.54 Å². The molecule has 0 aliphatic heterocycles. The number of hydrogen-bond donors (Lipinski definition) is 1. The topological polar surface area (TPSA) is 38.1 Å². The maximum Gasteiger partial charge on any atom is 0.208 e. The molecule has 0 saturated heterocycles. The van der Waals surface area contributed by atoms with E-state index in [1.165, 1.54) is 6.42 Å². The zero-order valence-electron chi connectivity index (χ0n) is 13.6. The standard InChI is InChI=1S/C16H30N2O/c1-12(9-15(2,3)4)8-13-10-17-14(19-13)11-18-16(5,6)7/h10,12,18H,8-9,11H2,1-7H3. The van der Waals surface area contributed by atoms with Gasteiger partial charge in [0.15, 0.2) is 0 Å². The SMILES string of the molecule is CC(Cc1cnc(CNC(C)(C)C)o1)CC(C)(C)C. The molecule has 0 bridgehead atoms. The smallest absolute Gasteiger partial charge is 0.208 e. The Morgan fingerprint density at radius 3 is 2.37 bits per heavy atom. The summed E-state index contributed by atoms with van der Waals surface area (Å²) < 4.78 is 5.79. The minimum atomic E-state index is 0.0914. The Morgan fingerprint density at radius 1 is 1.21 bits per heavy atom. The van der Waals surface area contributed by atoms with Gasteiger partial charge in [-0.25, -0.2) is 4.98 Å². The van der Waals surface area contributed by atoms with Crippen molar-refractivity contribution in [3.05, 3.63) is 17.8 Å². The zero-order chi connectivity index (χ0) is 14.7. The van der Waals surface area contributed by atoms with Crippen LogP contribution in [-0.4, -0.2) is 10.5 Å². The van der Waals surface area contributed by atoms with Gasteiger partial charge in [0.2, 0.25) is 5.89 Å². The van der Waals surface area contributed by atoms with Crippen molar-refractivity contribution < 1.29 is 4.42 Å². The van der Waals surface area contributed by atoms with Crippen LogP contribution in [0.15, 0.2) is 10.6 Å². The van der Waals surface area contributed by atoms with Crippen LogP contribution in [-0.2, 0) is 13.0 Å². The van der Waals surface area contributed by atoms with Gasteiger partial charge in [-0.05, 0) is 38.5 Å². The highest BCUT2D eigenvalue weighted by Crippen LogP contribution is 2.26. The summed E-state index contributed by atoms with van der Waals surface area (Å²) in [7, 11) is 0. The van der Waals surface area contributed by atoms with E-state index in [9.17, 15) is 0 Å². The van der Waals surface area contributed by atoms with E-state index < -0.39 is 0 Å². The fourth-order valence-corrected chi connectivity index (χ4v) is 2.33. The Hall–Kier alpha value is -0.830. The Bertz CT molecular complexity index is 382. The lowest BCUT2D eigenvalue weighted by molar-refractivity contribution is 0.292. The lowest BCUT2D eigenvalue weighted by Crippen LogP contribution is -2.35. The summed E-state index contributed by atoms with van der Waals surface area (Å²) in [4.78, 5) is 4.34. The molecule has 1 heterocycles. The second-order valence-electron chi connectivity index (χ2n) is 7.90. The number of oxazole rings is 1. The first-order chi connectivity index (χ1) is 8.55. The summed E-state index contributed by atoms with van der Waals surface area (Å²) in [6.45, 7) is 16.2. The molecule has 0 aliphatic carbocycles. The molecule has 3 nitrogen and oxygen atoms in total. The van der Waals surface area contributed by atoms with Crippen LogP contribution >= 0.6 is 0 Å². The minimum absolute atomic E-state index is 0.0914. The van der Waals surface area contributed by atoms with Crippen molar-refractivity contribution in [3.8, 4) is 0 Å². The van der Waals surface area contributed by atoms with Crippen LogP contribution in [0.3, 0.4) is 0 Å². The predicted molar refractivity (Wildman–Crippen MR) is 80.0 cm³/mol. The number of rotatable bonds is 5. The number of hydrogen-bond acceptors (Lipinski definition) is 3. The van der Waals surface area contributed by atoms with E-state index >= 15 is 0 Å². The third-order valence-corrected chi connectivity index (χ3v) is 2.88.